The van der Waals surface area contributed by atoms with Gasteiger partial charge >= 0.3 is 0 Å². The fourth-order valence-corrected chi connectivity index (χ4v) is 3.23. The molecule has 0 radical (unpaired) electrons. The number of amides is 1. The zero-order valence-corrected chi connectivity index (χ0v) is 14.1. The molecule has 1 amide bonds. The van der Waals surface area contributed by atoms with Crippen LogP contribution in [0, 0.1) is 0 Å². The van der Waals surface area contributed by atoms with Crippen molar-refractivity contribution in [3.8, 4) is 0 Å². The quantitative estimate of drug-likeness (QED) is 0.872. The Morgan fingerprint density at radius 2 is 1.59 bits per heavy atom. The Balaban J connectivity index is 2.10. The molecule has 0 heterocycles. The third-order valence-corrected chi connectivity index (χ3v) is 5.32. The number of carbonyl (C=O) groups excluding carboxylic acids is 1. The van der Waals surface area contributed by atoms with E-state index in [1.165, 1.54) is 42.5 Å². The van der Waals surface area contributed by atoms with Gasteiger partial charge in [0.25, 0.3) is 0 Å². The molecule has 0 aliphatic rings. The van der Waals surface area contributed by atoms with Gasteiger partial charge < -0.3 is 5.32 Å². The number of hydrogen-bond donors (Lipinski definition) is 1. The molecule has 0 atom stereocenters. The highest BCUT2D eigenvalue weighted by molar-refractivity contribution is 7.92. The lowest BCUT2D eigenvalue weighted by Crippen LogP contribution is -2.23. The number of carbonyl (C=O) groups is 1. The molecule has 0 saturated heterocycles. The van der Waals surface area contributed by atoms with Crippen LogP contribution < -0.4 is 5.32 Å². The third-order valence-electron chi connectivity index (χ3n) is 2.70. The molecule has 0 aliphatic heterocycles. The maximum Gasteiger partial charge on any atom is 0.239 e. The minimum absolute atomic E-state index is 0.0289. The standard InChI is InChI=1S/C14H10Cl3NO3S/c15-9-1-4-11(5-2-9)22(20,21)8-14(19)18-10-3-6-12(16)13(17)7-10/h1-7H,8H2,(H,18,19). The topological polar surface area (TPSA) is 63.2 Å². The summed E-state index contributed by atoms with van der Waals surface area (Å²) in [5, 5.41) is 3.48. The lowest BCUT2D eigenvalue weighted by atomic mass is 10.3. The molecule has 0 unspecified atom stereocenters. The van der Waals surface area contributed by atoms with Crippen LogP contribution in [-0.4, -0.2) is 20.1 Å². The molecule has 2 aromatic carbocycles. The van der Waals surface area contributed by atoms with E-state index in [4.69, 9.17) is 34.8 Å². The Morgan fingerprint density at radius 1 is 0.955 bits per heavy atom. The van der Waals surface area contributed by atoms with Crippen molar-refractivity contribution in [2.75, 3.05) is 11.1 Å². The van der Waals surface area contributed by atoms with Gasteiger partial charge in [0.2, 0.25) is 5.91 Å². The van der Waals surface area contributed by atoms with Gasteiger partial charge in [0, 0.05) is 10.7 Å². The van der Waals surface area contributed by atoms with Crippen LogP contribution in [0.4, 0.5) is 5.69 Å². The third kappa shape index (κ3) is 4.36. The molecule has 0 aromatic heterocycles. The van der Waals surface area contributed by atoms with Gasteiger partial charge in [0.05, 0.1) is 14.9 Å². The predicted molar refractivity (Wildman–Crippen MR) is 88.6 cm³/mol. The molecule has 4 nitrogen and oxygen atoms in total. The molecule has 0 spiro atoms. The van der Waals surface area contributed by atoms with Crippen molar-refractivity contribution < 1.29 is 13.2 Å². The van der Waals surface area contributed by atoms with Gasteiger partial charge in [0.1, 0.15) is 5.75 Å². The number of anilines is 1. The first-order valence-electron chi connectivity index (χ1n) is 6.01. The summed E-state index contributed by atoms with van der Waals surface area (Å²) < 4.78 is 24.2. The normalized spacial score (nSPS) is 11.2. The van der Waals surface area contributed by atoms with Crippen LogP contribution in [0.25, 0.3) is 0 Å². The highest BCUT2D eigenvalue weighted by atomic mass is 35.5. The van der Waals surface area contributed by atoms with Crippen LogP contribution in [0.15, 0.2) is 47.4 Å². The van der Waals surface area contributed by atoms with Crippen molar-refractivity contribution in [1.82, 2.24) is 0 Å². The van der Waals surface area contributed by atoms with E-state index in [1.54, 1.807) is 0 Å². The van der Waals surface area contributed by atoms with Crippen LogP contribution in [-0.2, 0) is 14.6 Å². The molecule has 22 heavy (non-hydrogen) atoms. The number of nitrogens with one attached hydrogen (secondary N) is 1. The molecule has 116 valence electrons. The Hall–Kier alpha value is -1.27. The second-order valence-electron chi connectivity index (χ2n) is 4.39. The van der Waals surface area contributed by atoms with E-state index in [0.29, 0.717) is 15.7 Å². The molecule has 0 fully saturated rings. The summed E-state index contributed by atoms with van der Waals surface area (Å²) in [6.07, 6.45) is 0. The molecular weight excluding hydrogens is 369 g/mol. The van der Waals surface area contributed by atoms with Gasteiger partial charge in [-0.1, -0.05) is 34.8 Å². The summed E-state index contributed by atoms with van der Waals surface area (Å²) in [5.74, 6) is -1.36. The van der Waals surface area contributed by atoms with Gasteiger partial charge in [-0.3, -0.25) is 4.79 Å². The first-order valence-corrected chi connectivity index (χ1v) is 8.80. The molecular formula is C14H10Cl3NO3S. The monoisotopic (exact) mass is 377 g/mol. The van der Waals surface area contributed by atoms with Crippen molar-refractivity contribution in [2.24, 2.45) is 0 Å². The minimum atomic E-state index is -3.74. The summed E-state index contributed by atoms with van der Waals surface area (Å²) in [6, 6.07) is 10.1. The molecule has 0 aliphatic carbocycles. The van der Waals surface area contributed by atoms with E-state index in [1.807, 2.05) is 0 Å². The summed E-state index contributed by atoms with van der Waals surface area (Å²) in [6.45, 7) is 0. The summed E-state index contributed by atoms with van der Waals surface area (Å²) in [4.78, 5) is 11.9. The van der Waals surface area contributed by atoms with E-state index < -0.39 is 21.5 Å². The van der Waals surface area contributed by atoms with Gasteiger partial charge in [-0.05, 0) is 42.5 Å². The van der Waals surface area contributed by atoms with Gasteiger partial charge in [-0.15, -0.1) is 0 Å². The van der Waals surface area contributed by atoms with E-state index in [-0.39, 0.29) is 9.92 Å². The van der Waals surface area contributed by atoms with Crippen molar-refractivity contribution in [2.45, 2.75) is 4.90 Å². The second-order valence-corrected chi connectivity index (χ2v) is 7.63. The first kappa shape index (κ1) is 17.1. The van der Waals surface area contributed by atoms with Crippen LogP contribution >= 0.6 is 34.8 Å². The molecule has 2 aromatic rings. The van der Waals surface area contributed by atoms with Crippen molar-refractivity contribution >= 4 is 56.2 Å². The largest absolute Gasteiger partial charge is 0.325 e. The van der Waals surface area contributed by atoms with E-state index in [2.05, 4.69) is 5.32 Å². The van der Waals surface area contributed by atoms with Crippen LogP contribution in [0.3, 0.4) is 0 Å². The Bertz CT molecular complexity index is 805. The Labute approximate surface area is 142 Å². The number of halogens is 3. The van der Waals surface area contributed by atoms with Gasteiger partial charge in [0.15, 0.2) is 9.84 Å². The van der Waals surface area contributed by atoms with E-state index in [0.717, 1.165) is 0 Å². The van der Waals surface area contributed by atoms with Crippen molar-refractivity contribution in [1.29, 1.82) is 0 Å². The average Bonchev–Trinajstić information content (AvgIpc) is 2.42. The molecule has 0 bridgehead atoms. The first-order chi connectivity index (χ1) is 10.3. The molecule has 0 saturated carbocycles. The smallest absolute Gasteiger partial charge is 0.239 e. The highest BCUT2D eigenvalue weighted by Crippen LogP contribution is 2.25. The zero-order chi connectivity index (χ0) is 16.3. The maximum atomic E-state index is 12.1. The van der Waals surface area contributed by atoms with E-state index in [9.17, 15) is 13.2 Å². The fraction of sp³-hybridized carbons (Fsp3) is 0.0714. The number of hydrogen-bond acceptors (Lipinski definition) is 3. The van der Waals surface area contributed by atoms with Crippen LogP contribution in [0.5, 0.6) is 0 Å². The second kappa shape index (κ2) is 6.87. The average molecular weight is 379 g/mol. The zero-order valence-electron chi connectivity index (χ0n) is 11.0. The molecule has 2 rings (SSSR count). The summed E-state index contributed by atoms with van der Waals surface area (Å²) in [5.41, 5.74) is 0.366. The predicted octanol–water partition coefficient (Wildman–Crippen LogP) is 4.06. The van der Waals surface area contributed by atoms with Crippen LogP contribution in [0.1, 0.15) is 0 Å². The number of benzene rings is 2. The fourth-order valence-electron chi connectivity index (χ4n) is 1.67. The lowest BCUT2D eigenvalue weighted by molar-refractivity contribution is -0.113. The molecule has 8 heteroatoms. The highest BCUT2D eigenvalue weighted by Gasteiger charge is 2.19. The number of sulfone groups is 1. The summed E-state index contributed by atoms with van der Waals surface area (Å²) in [7, 11) is -3.74. The van der Waals surface area contributed by atoms with Gasteiger partial charge in [-0.2, -0.15) is 0 Å². The minimum Gasteiger partial charge on any atom is -0.325 e. The van der Waals surface area contributed by atoms with Gasteiger partial charge in [-0.25, -0.2) is 8.42 Å². The summed E-state index contributed by atoms with van der Waals surface area (Å²) >= 11 is 17.3. The van der Waals surface area contributed by atoms with Crippen molar-refractivity contribution in [3.63, 3.8) is 0 Å². The SMILES string of the molecule is O=C(CS(=O)(=O)c1ccc(Cl)cc1)Nc1ccc(Cl)c(Cl)c1. The van der Waals surface area contributed by atoms with Crippen LogP contribution in [0.2, 0.25) is 15.1 Å². The Morgan fingerprint density at radius 3 is 2.18 bits per heavy atom. The lowest BCUT2D eigenvalue weighted by Gasteiger charge is -2.07. The van der Waals surface area contributed by atoms with Crippen molar-refractivity contribution in [3.05, 3.63) is 57.5 Å². The Kier molecular flexibility index (Phi) is 5.34. The van der Waals surface area contributed by atoms with E-state index >= 15 is 0 Å². The molecule has 1 N–H and O–H groups in total. The maximum absolute atomic E-state index is 12.1. The number of rotatable bonds is 4.